The number of carbonyl (C=O) groups is 5. The Labute approximate surface area is 237 Å². The molecule has 4 aliphatic rings. The van der Waals surface area contributed by atoms with Crippen molar-refractivity contribution in [3.8, 4) is 0 Å². The third-order valence-electron chi connectivity index (χ3n) is 9.10. The number of hydrogen-bond acceptors (Lipinski definition) is 6. The first kappa shape index (κ1) is 30.1. The lowest BCUT2D eigenvalue weighted by Crippen LogP contribution is -2.59. The summed E-state index contributed by atoms with van der Waals surface area (Å²) in [4.78, 5) is 67.8. The Morgan fingerprint density at radius 3 is 2.27 bits per heavy atom. The van der Waals surface area contributed by atoms with Crippen molar-refractivity contribution >= 4 is 29.6 Å². The van der Waals surface area contributed by atoms with Crippen molar-refractivity contribution in [1.29, 1.82) is 0 Å². The van der Waals surface area contributed by atoms with Crippen molar-refractivity contribution < 1.29 is 28.7 Å². The molecule has 3 N–H and O–H groups in total. The summed E-state index contributed by atoms with van der Waals surface area (Å²) < 4.78 is 5.47. The first-order valence-corrected chi connectivity index (χ1v) is 14.8. The van der Waals surface area contributed by atoms with Gasteiger partial charge in [-0.25, -0.2) is 4.79 Å². The Morgan fingerprint density at radius 1 is 1.05 bits per heavy atom. The molecule has 10 heteroatoms. The molecule has 5 unspecified atom stereocenters. The van der Waals surface area contributed by atoms with Crippen LogP contribution in [0.25, 0.3) is 0 Å². The average Bonchev–Trinajstić information content (AvgIpc) is 3.57. The van der Waals surface area contributed by atoms with E-state index < -0.39 is 47.4 Å². The van der Waals surface area contributed by atoms with Gasteiger partial charge in [-0.05, 0) is 69.1 Å². The smallest absolute Gasteiger partial charge is 0.408 e. The number of hydrogen-bond donors (Lipinski definition) is 3. The quantitative estimate of drug-likeness (QED) is 0.264. The molecule has 1 saturated heterocycles. The van der Waals surface area contributed by atoms with Crippen LogP contribution >= 0.6 is 0 Å². The van der Waals surface area contributed by atoms with E-state index in [1.54, 1.807) is 25.7 Å². The van der Waals surface area contributed by atoms with E-state index >= 15 is 0 Å². The van der Waals surface area contributed by atoms with E-state index in [0.29, 0.717) is 13.0 Å². The fourth-order valence-electron chi connectivity index (χ4n) is 6.68. The highest BCUT2D eigenvalue weighted by Crippen LogP contribution is 2.65. The number of ketones is 1. The van der Waals surface area contributed by atoms with Gasteiger partial charge < -0.3 is 25.6 Å². The lowest BCUT2D eigenvalue weighted by molar-refractivity contribution is -0.144. The van der Waals surface area contributed by atoms with E-state index in [1.165, 1.54) is 6.08 Å². The summed E-state index contributed by atoms with van der Waals surface area (Å²) in [7, 11) is 0. The van der Waals surface area contributed by atoms with Crippen molar-refractivity contribution in [2.24, 2.45) is 29.1 Å². The van der Waals surface area contributed by atoms with Crippen molar-refractivity contribution in [2.75, 3.05) is 13.1 Å². The Bertz CT molecular complexity index is 1040. The number of carbonyl (C=O) groups excluding carboxylic acids is 5. The number of Topliss-reactive ketones (excluding diaryl/α,β-unsaturated/α-hetero) is 1. The zero-order chi connectivity index (χ0) is 29.4. The third-order valence-corrected chi connectivity index (χ3v) is 9.10. The van der Waals surface area contributed by atoms with Gasteiger partial charge in [-0.3, -0.25) is 19.2 Å². The van der Waals surface area contributed by atoms with Gasteiger partial charge in [0, 0.05) is 13.1 Å². The SMILES string of the molecule is C=CCNC(=O)C(=O)C(CC1CC1)NC(=O)C1C2C(CN1C(=O)C(NC(=O)OC(C)(C)C)C1CCCC1)C2(C)C. The highest BCUT2D eigenvalue weighted by molar-refractivity contribution is 6.38. The van der Waals surface area contributed by atoms with E-state index in [9.17, 15) is 24.0 Å². The maximum atomic E-state index is 14.1. The van der Waals surface area contributed by atoms with E-state index in [1.807, 2.05) is 0 Å². The van der Waals surface area contributed by atoms with Crippen LogP contribution in [-0.4, -0.2) is 71.3 Å². The number of ether oxygens (including phenoxy) is 1. The Kier molecular flexibility index (Phi) is 8.66. The molecule has 3 saturated carbocycles. The van der Waals surface area contributed by atoms with Gasteiger partial charge >= 0.3 is 6.09 Å². The summed E-state index contributed by atoms with van der Waals surface area (Å²) in [6, 6.07) is -2.52. The molecule has 0 radical (unpaired) electrons. The number of rotatable bonds is 11. The maximum Gasteiger partial charge on any atom is 0.408 e. The second kappa shape index (κ2) is 11.5. The summed E-state index contributed by atoms with van der Waals surface area (Å²) in [5, 5.41) is 8.21. The van der Waals surface area contributed by atoms with Crippen LogP contribution in [0.3, 0.4) is 0 Å². The minimum Gasteiger partial charge on any atom is -0.444 e. The molecule has 4 fully saturated rings. The molecule has 1 heterocycles. The van der Waals surface area contributed by atoms with Crippen molar-refractivity contribution in [2.45, 2.75) is 103 Å². The molecule has 1 aliphatic heterocycles. The summed E-state index contributed by atoms with van der Waals surface area (Å²) in [5.74, 6) is -1.79. The number of likely N-dealkylation sites (tertiary alicyclic amines) is 1. The van der Waals surface area contributed by atoms with Gasteiger partial charge in [-0.1, -0.05) is 45.6 Å². The van der Waals surface area contributed by atoms with Gasteiger partial charge in [0.25, 0.3) is 5.91 Å². The molecule has 4 rings (SSSR count). The molecular formula is C30H46N4O6. The minimum absolute atomic E-state index is 0.0357. The maximum absolute atomic E-state index is 14.1. The highest BCUT2D eigenvalue weighted by atomic mass is 16.6. The first-order valence-electron chi connectivity index (χ1n) is 14.8. The van der Waals surface area contributed by atoms with Crippen LogP contribution in [0, 0.1) is 29.1 Å². The van der Waals surface area contributed by atoms with Gasteiger partial charge in [0.2, 0.25) is 17.6 Å². The van der Waals surface area contributed by atoms with Gasteiger partial charge in [0.05, 0.1) is 6.04 Å². The normalized spacial score (nSPS) is 26.7. The fraction of sp³-hybridized carbons (Fsp3) is 0.767. The molecule has 3 aliphatic carbocycles. The number of alkyl carbamates (subject to hydrolysis) is 1. The Morgan fingerprint density at radius 2 is 1.70 bits per heavy atom. The topological polar surface area (TPSA) is 134 Å². The van der Waals surface area contributed by atoms with Crippen molar-refractivity contribution in [1.82, 2.24) is 20.9 Å². The van der Waals surface area contributed by atoms with E-state index in [-0.39, 0.29) is 41.5 Å². The van der Waals surface area contributed by atoms with Crippen LogP contribution in [0.2, 0.25) is 0 Å². The van der Waals surface area contributed by atoms with Crippen LogP contribution in [0.15, 0.2) is 12.7 Å². The Balaban J connectivity index is 1.53. The Hall–Kier alpha value is -2.91. The number of piperidine rings is 1. The average molecular weight is 559 g/mol. The first-order chi connectivity index (χ1) is 18.7. The lowest BCUT2D eigenvalue weighted by atomic mass is 9.94. The highest BCUT2D eigenvalue weighted by Gasteiger charge is 2.69. The standard InChI is InChI=1S/C30H46N4O6/c1-7-14-31-26(37)24(35)20(15-17-12-13-17)32-25(36)23-21-19(30(21,5)6)16-34(23)27(38)22(18-10-8-9-11-18)33-28(39)40-29(2,3)4/h7,17-23H,1,8-16H2,2-6H3,(H,31,37)(H,32,36)(H,33,39). The summed E-state index contributed by atoms with van der Waals surface area (Å²) in [6.45, 7) is 13.6. The van der Waals surface area contributed by atoms with Crippen LogP contribution < -0.4 is 16.0 Å². The molecule has 0 bridgehead atoms. The molecule has 0 aromatic heterocycles. The second-order valence-electron chi connectivity index (χ2n) is 13.7. The van der Waals surface area contributed by atoms with Gasteiger partial charge in [-0.15, -0.1) is 6.58 Å². The fourth-order valence-corrected chi connectivity index (χ4v) is 6.68. The van der Waals surface area contributed by atoms with Gasteiger partial charge in [0.15, 0.2) is 0 Å². The van der Waals surface area contributed by atoms with Crippen molar-refractivity contribution in [3.05, 3.63) is 12.7 Å². The van der Waals surface area contributed by atoms with Crippen LogP contribution in [0.5, 0.6) is 0 Å². The predicted molar refractivity (Wildman–Crippen MR) is 149 cm³/mol. The molecule has 4 amide bonds. The monoisotopic (exact) mass is 558 g/mol. The van der Waals surface area contributed by atoms with Crippen LogP contribution in [-0.2, 0) is 23.9 Å². The third kappa shape index (κ3) is 6.69. The molecule has 10 nitrogen and oxygen atoms in total. The summed E-state index contributed by atoms with van der Waals surface area (Å²) >= 11 is 0. The lowest BCUT2D eigenvalue weighted by Gasteiger charge is -2.35. The van der Waals surface area contributed by atoms with E-state index in [2.05, 4.69) is 36.4 Å². The molecule has 40 heavy (non-hydrogen) atoms. The van der Waals surface area contributed by atoms with Crippen LogP contribution in [0.4, 0.5) is 4.79 Å². The number of nitrogens with zero attached hydrogens (tertiary/aromatic N) is 1. The number of nitrogens with one attached hydrogen (secondary N) is 3. The van der Waals surface area contributed by atoms with Crippen LogP contribution in [0.1, 0.15) is 79.6 Å². The summed E-state index contributed by atoms with van der Waals surface area (Å²) in [6.07, 6.45) is 6.73. The molecule has 0 spiro atoms. The van der Waals surface area contributed by atoms with E-state index in [0.717, 1.165) is 38.5 Å². The zero-order valence-electron chi connectivity index (χ0n) is 24.6. The summed E-state index contributed by atoms with van der Waals surface area (Å²) in [5.41, 5.74) is -0.840. The van der Waals surface area contributed by atoms with Gasteiger partial charge in [0.1, 0.15) is 17.7 Å². The molecule has 0 aromatic rings. The van der Waals surface area contributed by atoms with E-state index in [4.69, 9.17) is 4.74 Å². The molecule has 0 aromatic carbocycles. The number of amides is 4. The molecular weight excluding hydrogens is 512 g/mol. The minimum atomic E-state index is -0.951. The van der Waals surface area contributed by atoms with Gasteiger partial charge in [-0.2, -0.15) is 0 Å². The molecule has 5 atom stereocenters. The second-order valence-corrected chi connectivity index (χ2v) is 13.7. The molecule has 222 valence electrons. The zero-order valence-corrected chi connectivity index (χ0v) is 24.6. The number of fused-ring (bicyclic) bond motifs is 1. The predicted octanol–water partition coefficient (Wildman–Crippen LogP) is 2.71. The largest absolute Gasteiger partial charge is 0.444 e. The van der Waals surface area contributed by atoms with Crippen molar-refractivity contribution in [3.63, 3.8) is 0 Å².